The number of Topliss-reactive ketones (excluding diaryl/α,β-unsaturated/α-hetero) is 1. The molecule has 3 aromatic carbocycles. The SMILES string of the molecule is CC(=O)[C@@H](Cc1ccccc1)NC(=O)CSc1nnc(-c2ccc([N+](=O)[O-])cc2)n1-c1ccccc1. The van der Waals surface area contributed by atoms with Gasteiger partial charge in [0.2, 0.25) is 5.91 Å². The van der Waals surface area contributed by atoms with E-state index in [4.69, 9.17) is 0 Å². The lowest BCUT2D eigenvalue weighted by Crippen LogP contribution is -2.42. The first-order valence-electron chi connectivity index (χ1n) is 11.1. The number of rotatable bonds is 10. The van der Waals surface area contributed by atoms with E-state index in [0.717, 1.165) is 11.3 Å². The van der Waals surface area contributed by atoms with Crippen LogP contribution < -0.4 is 5.32 Å². The Bertz CT molecular complexity index is 1360. The van der Waals surface area contributed by atoms with Crippen LogP contribution in [0.25, 0.3) is 17.1 Å². The third-order valence-corrected chi connectivity index (χ3v) is 6.35. The van der Waals surface area contributed by atoms with Crippen molar-refractivity contribution in [3.05, 3.63) is 101 Å². The molecule has 0 saturated carbocycles. The molecular weight excluding hydrogens is 478 g/mol. The van der Waals surface area contributed by atoms with E-state index in [1.165, 1.54) is 30.8 Å². The predicted octanol–water partition coefficient (Wildman–Crippen LogP) is 4.25. The molecule has 1 amide bonds. The summed E-state index contributed by atoms with van der Waals surface area (Å²) in [7, 11) is 0. The highest BCUT2D eigenvalue weighted by atomic mass is 32.2. The average Bonchev–Trinajstić information content (AvgIpc) is 3.32. The van der Waals surface area contributed by atoms with E-state index in [1.54, 1.807) is 16.7 Å². The van der Waals surface area contributed by atoms with Crippen molar-refractivity contribution in [2.75, 3.05) is 5.75 Å². The highest BCUT2D eigenvalue weighted by Crippen LogP contribution is 2.29. The standard InChI is InChI=1S/C26H23N5O4S/c1-18(32)23(16-19-8-4-2-5-9-19)27-24(33)17-36-26-29-28-25(30(26)21-10-6-3-7-11-21)20-12-14-22(15-13-20)31(34)35/h2-15,23H,16-17H2,1H3,(H,27,33)/t23-/m1/s1. The van der Waals surface area contributed by atoms with Crippen molar-refractivity contribution in [3.8, 4) is 17.1 Å². The molecule has 4 rings (SSSR count). The average molecular weight is 502 g/mol. The zero-order valence-electron chi connectivity index (χ0n) is 19.4. The van der Waals surface area contributed by atoms with Gasteiger partial charge >= 0.3 is 0 Å². The number of para-hydroxylation sites is 1. The first-order valence-corrected chi connectivity index (χ1v) is 12.1. The van der Waals surface area contributed by atoms with Crippen LogP contribution in [0.5, 0.6) is 0 Å². The molecule has 182 valence electrons. The van der Waals surface area contributed by atoms with Gasteiger partial charge in [-0.15, -0.1) is 10.2 Å². The molecule has 1 aromatic heterocycles. The summed E-state index contributed by atoms with van der Waals surface area (Å²) in [5.41, 5.74) is 2.37. The van der Waals surface area contributed by atoms with Gasteiger partial charge in [-0.1, -0.05) is 60.3 Å². The monoisotopic (exact) mass is 501 g/mol. The summed E-state index contributed by atoms with van der Waals surface area (Å²) in [6, 6.07) is 24.3. The van der Waals surface area contributed by atoms with Gasteiger partial charge < -0.3 is 5.32 Å². The molecule has 0 bridgehead atoms. The summed E-state index contributed by atoms with van der Waals surface area (Å²) in [5, 5.41) is 22.9. The molecule has 1 N–H and O–H groups in total. The van der Waals surface area contributed by atoms with Gasteiger partial charge in [0, 0.05) is 23.4 Å². The fraction of sp³-hybridized carbons (Fsp3) is 0.154. The molecule has 0 aliphatic heterocycles. The van der Waals surface area contributed by atoms with Crippen LogP contribution >= 0.6 is 11.8 Å². The van der Waals surface area contributed by atoms with E-state index in [9.17, 15) is 19.7 Å². The Morgan fingerprint density at radius 2 is 1.61 bits per heavy atom. The number of hydrogen-bond acceptors (Lipinski definition) is 7. The smallest absolute Gasteiger partial charge is 0.269 e. The van der Waals surface area contributed by atoms with E-state index >= 15 is 0 Å². The van der Waals surface area contributed by atoms with Crippen molar-refractivity contribution in [2.45, 2.75) is 24.5 Å². The highest BCUT2D eigenvalue weighted by molar-refractivity contribution is 7.99. The molecule has 1 atom stereocenters. The van der Waals surface area contributed by atoms with Crippen LogP contribution in [-0.4, -0.2) is 43.2 Å². The second-order valence-electron chi connectivity index (χ2n) is 7.99. The lowest BCUT2D eigenvalue weighted by Gasteiger charge is -2.16. The van der Waals surface area contributed by atoms with Crippen LogP contribution in [-0.2, 0) is 16.0 Å². The second-order valence-corrected chi connectivity index (χ2v) is 8.93. The van der Waals surface area contributed by atoms with Gasteiger partial charge in [0.15, 0.2) is 16.8 Å². The van der Waals surface area contributed by atoms with E-state index < -0.39 is 11.0 Å². The number of aromatic nitrogens is 3. The molecule has 0 aliphatic rings. The molecular formula is C26H23N5O4S. The maximum Gasteiger partial charge on any atom is 0.269 e. The van der Waals surface area contributed by atoms with E-state index in [2.05, 4.69) is 15.5 Å². The zero-order chi connectivity index (χ0) is 25.5. The van der Waals surface area contributed by atoms with Gasteiger partial charge in [-0.25, -0.2) is 0 Å². The molecule has 0 radical (unpaired) electrons. The molecule has 0 fully saturated rings. The Balaban J connectivity index is 1.53. The minimum Gasteiger partial charge on any atom is -0.345 e. The Morgan fingerprint density at radius 3 is 2.22 bits per heavy atom. The highest BCUT2D eigenvalue weighted by Gasteiger charge is 2.21. The molecule has 9 nitrogen and oxygen atoms in total. The fourth-order valence-corrected chi connectivity index (χ4v) is 4.37. The first-order chi connectivity index (χ1) is 17.4. The molecule has 0 spiro atoms. The molecule has 36 heavy (non-hydrogen) atoms. The number of nitro groups is 1. The van der Waals surface area contributed by atoms with Gasteiger partial charge in [-0.05, 0) is 43.2 Å². The summed E-state index contributed by atoms with van der Waals surface area (Å²) in [6.07, 6.45) is 0.414. The number of non-ortho nitro benzene ring substituents is 1. The summed E-state index contributed by atoms with van der Waals surface area (Å²) in [4.78, 5) is 35.4. The number of carbonyl (C=O) groups is 2. The number of nitrogens with zero attached hydrogens (tertiary/aromatic N) is 4. The van der Waals surface area contributed by atoms with Crippen LogP contribution in [0.4, 0.5) is 5.69 Å². The topological polar surface area (TPSA) is 120 Å². The summed E-state index contributed by atoms with van der Waals surface area (Å²) in [5.74, 6) is 0.106. The zero-order valence-corrected chi connectivity index (χ0v) is 20.2. The minimum absolute atomic E-state index is 0.0219. The Morgan fingerprint density at radius 1 is 0.972 bits per heavy atom. The number of hydrogen-bond donors (Lipinski definition) is 1. The van der Waals surface area contributed by atoms with Crippen LogP contribution in [0.3, 0.4) is 0 Å². The van der Waals surface area contributed by atoms with E-state index in [0.29, 0.717) is 23.0 Å². The van der Waals surface area contributed by atoms with Crippen LogP contribution in [0.1, 0.15) is 12.5 Å². The molecule has 10 heteroatoms. The quantitative estimate of drug-likeness (QED) is 0.196. The number of carbonyl (C=O) groups excluding carboxylic acids is 2. The van der Waals surface area contributed by atoms with Crippen molar-refractivity contribution in [1.29, 1.82) is 0 Å². The van der Waals surface area contributed by atoms with Crippen molar-refractivity contribution >= 4 is 29.1 Å². The number of nitrogens with one attached hydrogen (secondary N) is 1. The Kier molecular flexibility index (Phi) is 7.86. The van der Waals surface area contributed by atoms with Gasteiger partial charge in [-0.2, -0.15) is 0 Å². The van der Waals surface area contributed by atoms with Crippen molar-refractivity contribution in [3.63, 3.8) is 0 Å². The van der Waals surface area contributed by atoms with Crippen molar-refractivity contribution in [2.24, 2.45) is 0 Å². The fourth-order valence-electron chi connectivity index (χ4n) is 3.60. The van der Waals surface area contributed by atoms with E-state index in [-0.39, 0.29) is 23.1 Å². The number of ketones is 1. The van der Waals surface area contributed by atoms with Gasteiger partial charge in [0.25, 0.3) is 5.69 Å². The third-order valence-electron chi connectivity index (χ3n) is 5.43. The third kappa shape index (κ3) is 6.02. The largest absolute Gasteiger partial charge is 0.345 e. The Labute approximate surface area is 211 Å². The van der Waals surface area contributed by atoms with Crippen LogP contribution in [0.2, 0.25) is 0 Å². The molecule has 1 heterocycles. The van der Waals surface area contributed by atoms with Gasteiger partial charge in [-0.3, -0.25) is 24.3 Å². The van der Waals surface area contributed by atoms with E-state index in [1.807, 2.05) is 60.7 Å². The van der Waals surface area contributed by atoms with Crippen molar-refractivity contribution < 1.29 is 14.5 Å². The lowest BCUT2D eigenvalue weighted by molar-refractivity contribution is -0.384. The number of amides is 1. The molecule has 0 saturated heterocycles. The van der Waals surface area contributed by atoms with Crippen LogP contribution in [0, 0.1) is 10.1 Å². The van der Waals surface area contributed by atoms with Gasteiger partial charge in [0.05, 0.1) is 16.7 Å². The molecule has 0 unspecified atom stereocenters. The summed E-state index contributed by atoms with van der Waals surface area (Å²) >= 11 is 1.19. The predicted molar refractivity (Wildman–Crippen MR) is 137 cm³/mol. The maximum atomic E-state index is 12.7. The number of benzene rings is 3. The Hall–Kier alpha value is -4.31. The summed E-state index contributed by atoms with van der Waals surface area (Å²) in [6.45, 7) is 1.46. The number of thioether (sulfide) groups is 1. The lowest BCUT2D eigenvalue weighted by atomic mass is 10.0. The maximum absolute atomic E-state index is 12.7. The van der Waals surface area contributed by atoms with Crippen molar-refractivity contribution in [1.82, 2.24) is 20.1 Å². The second kappa shape index (κ2) is 11.4. The summed E-state index contributed by atoms with van der Waals surface area (Å²) < 4.78 is 1.80. The molecule has 4 aromatic rings. The van der Waals surface area contributed by atoms with Gasteiger partial charge in [0.1, 0.15) is 0 Å². The number of nitro benzene ring substituents is 1. The molecule has 0 aliphatic carbocycles. The minimum atomic E-state index is -0.622. The van der Waals surface area contributed by atoms with Crippen LogP contribution in [0.15, 0.2) is 90.1 Å². The first kappa shape index (κ1) is 24.8. The normalized spacial score (nSPS) is 11.6.